The van der Waals surface area contributed by atoms with Gasteiger partial charge in [0.05, 0.1) is 66.0 Å². The Morgan fingerprint density at radius 2 is 0.364 bits per heavy atom. The maximum atomic E-state index is 3.69. The Balaban J connectivity index is 0.000000120. The smallest absolute Gasteiger partial charge is 0.0702 e. The molecule has 129 heavy (non-hydrogen) atoms. The molecule has 0 saturated carbocycles. The van der Waals surface area contributed by atoms with Crippen molar-refractivity contribution in [3.8, 4) is 28.4 Å². The van der Waals surface area contributed by atoms with Crippen molar-refractivity contribution >= 4 is 147 Å². The Labute approximate surface area is 754 Å². The number of hydrogen-bond donors (Lipinski definition) is 1. The van der Waals surface area contributed by atoms with Crippen LogP contribution in [0.25, 0.3) is 159 Å². The topological polar surface area (TPSA) is 40.4 Å². The molecular weight excluding hydrogens is 1630 g/mol. The molecule has 0 aliphatic carbocycles. The van der Waals surface area contributed by atoms with E-state index in [0.717, 1.165) is 27.2 Å². The number of aromatic nitrogens is 6. The number of halogens is 1. The van der Waals surface area contributed by atoms with E-state index in [1.54, 1.807) is 0 Å². The molecule has 20 aromatic carbocycles. The molecule has 0 amide bonds. The second-order valence-corrected chi connectivity index (χ2v) is 34.5. The zero-order chi connectivity index (χ0) is 85.5. The van der Waals surface area contributed by atoms with Gasteiger partial charge < -0.3 is 27.8 Å². The molecule has 6 aromatic heterocycles. The summed E-state index contributed by atoms with van der Waals surface area (Å²) in [4.78, 5) is 3.52. The summed E-state index contributed by atoms with van der Waals surface area (Å²) in [5.41, 5.74) is 28.9. The molecule has 0 unspecified atom stereocenters. The molecule has 0 aliphatic rings. The molecule has 0 bridgehead atoms. The van der Waals surface area contributed by atoms with Crippen LogP contribution in [0.4, 0.5) is 0 Å². The first kappa shape index (κ1) is 76.3. The molecule has 0 atom stereocenters. The summed E-state index contributed by atoms with van der Waals surface area (Å²) < 4.78 is 13.2. The third-order valence-electron chi connectivity index (χ3n) is 26.7. The van der Waals surface area contributed by atoms with Crippen molar-refractivity contribution in [3.05, 3.63) is 546 Å². The van der Waals surface area contributed by atoms with Crippen LogP contribution < -0.4 is 0 Å². The molecule has 7 heteroatoms. The van der Waals surface area contributed by atoms with Crippen LogP contribution in [0.5, 0.6) is 0 Å². The van der Waals surface area contributed by atoms with Crippen molar-refractivity contribution in [3.63, 3.8) is 0 Å². The first-order chi connectivity index (χ1) is 63.9. The van der Waals surface area contributed by atoms with Gasteiger partial charge in [0.2, 0.25) is 0 Å². The zero-order valence-electron chi connectivity index (χ0n) is 70.5. The van der Waals surface area contributed by atoms with E-state index in [2.05, 4.69) is 541 Å². The average Bonchev–Trinajstić information content (AvgIpc) is 1.69. The lowest BCUT2D eigenvalue weighted by Gasteiger charge is -2.37. The number of fused-ring (bicyclic) bond motifs is 18. The van der Waals surface area contributed by atoms with E-state index < -0.39 is 10.8 Å². The third-order valence-corrected chi connectivity index (χ3v) is 27.2. The highest BCUT2D eigenvalue weighted by atomic mass is 79.9. The molecule has 26 rings (SSSR count). The van der Waals surface area contributed by atoms with Gasteiger partial charge in [-0.1, -0.05) is 368 Å². The van der Waals surface area contributed by atoms with Gasteiger partial charge in [-0.25, -0.2) is 0 Å². The van der Waals surface area contributed by atoms with Gasteiger partial charge in [0.1, 0.15) is 0 Å². The Hall–Kier alpha value is -16.3. The molecule has 0 radical (unpaired) electrons. The lowest BCUT2D eigenvalue weighted by molar-refractivity contribution is 0.744. The van der Waals surface area contributed by atoms with Crippen LogP contribution in [-0.2, 0) is 10.8 Å². The number of rotatable bonds is 13. The number of benzene rings is 20. The molecule has 1 N–H and O–H groups in total. The van der Waals surface area contributed by atoms with Crippen molar-refractivity contribution in [2.75, 3.05) is 0 Å². The van der Waals surface area contributed by atoms with E-state index >= 15 is 0 Å². The number of para-hydroxylation sites is 8. The van der Waals surface area contributed by atoms with Gasteiger partial charge in [-0.3, -0.25) is 0 Å². The Kier molecular flexibility index (Phi) is 18.8. The van der Waals surface area contributed by atoms with Crippen molar-refractivity contribution in [1.82, 2.24) is 27.8 Å². The van der Waals surface area contributed by atoms with E-state index in [1.807, 2.05) is 0 Å². The maximum Gasteiger partial charge on any atom is 0.0702 e. The summed E-state index contributed by atoms with van der Waals surface area (Å²) in [6.45, 7) is 0. The highest BCUT2D eigenvalue weighted by Crippen LogP contribution is 2.50. The van der Waals surface area contributed by atoms with Crippen molar-refractivity contribution in [2.45, 2.75) is 10.8 Å². The summed E-state index contributed by atoms with van der Waals surface area (Å²) in [6.07, 6.45) is 0. The van der Waals surface area contributed by atoms with E-state index in [0.29, 0.717) is 0 Å². The first-order valence-corrected chi connectivity index (χ1v) is 45.0. The minimum absolute atomic E-state index is 0.485. The molecule has 26 aromatic rings. The number of hydrogen-bond acceptors (Lipinski definition) is 0. The van der Waals surface area contributed by atoms with Crippen LogP contribution >= 0.6 is 15.9 Å². The van der Waals surface area contributed by atoms with E-state index in [4.69, 9.17) is 0 Å². The van der Waals surface area contributed by atoms with Gasteiger partial charge in [0.25, 0.3) is 0 Å². The molecule has 0 fully saturated rings. The molecule has 0 aliphatic heterocycles. The van der Waals surface area contributed by atoms with Gasteiger partial charge >= 0.3 is 0 Å². The molecule has 6 heterocycles. The molecule has 6 nitrogen and oxygen atoms in total. The normalized spacial score (nSPS) is 11.9. The molecule has 0 saturated heterocycles. The van der Waals surface area contributed by atoms with Crippen molar-refractivity contribution < 1.29 is 0 Å². The summed E-state index contributed by atoms with van der Waals surface area (Å²) in [5.74, 6) is 0. The van der Waals surface area contributed by atoms with E-state index in [-0.39, 0.29) is 0 Å². The van der Waals surface area contributed by atoms with Crippen LogP contribution in [0, 0.1) is 0 Å². The summed E-state index contributed by atoms with van der Waals surface area (Å²) in [5, 5.41) is 15.0. The number of nitrogens with one attached hydrogen (secondary N) is 1. The van der Waals surface area contributed by atoms with Gasteiger partial charge in [-0.2, -0.15) is 0 Å². The lowest BCUT2D eigenvalue weighted by atomic mass is 9.65. The largest absolute Gasteiger partial charge is 0.355 e. The Morgan fingerprint density at radius 3 is 0.682 bits per heavy atom. The van der Waals surface area contributed by atoms with Crippen LogP contribution in [0.3, 0.4) is 0 Å². The van der Waals surface area contributed by atoms with Gasteiger partial charge in [0, 0.05) is 109 Å². The Morgan fingerprint density at radius 1 is 0.147 bits per heavy atom. The van der Waals surface area contributed by atoms with E-state index in [1.165, 1.54) is 181 Å². The zero-order valence-corrected chi connectivity index (χ0v) is 72.0. The van der Waals surface area contributed by atoms with Crippen LogP contribution in [-0.4, -0.2) is 27.8 Å². The molecular formula is C122H83BrN6. The lowest BCUT2D eigenvalue weighted by Crippen LogP contribution is -2.31. The van der Waals surface area contributed by atoms with Crippen LogP contribution in [0.2, 0.25) is 0 Å². The minimum Gasteiger partial charge on any atom is -0.355 e. The van der Waals surface area contributed by atoms with Gasteiger partial charge in [0.15, 0.2) is 0 Å². The van der Waals surface area contributed by atoms with Crippen molar-refractivity contribution in [2.24, 2.45) is 0 Å². The quantitative estimate of drug-likeness (QED) is 0.112. The van der Waals surface area contributed by atoms with Crippen LogP contribution in [0.1, 0.15) is 44.5 Å². The number of aromatic amines is 1. The second kappa shape index (κ2) is 31.7. The number of H-pyrrole nitrogens is 1. The molecule has 608 valence electrons. The van der Waals surface area contributed by atoms with Crippen LogP contribution in [0.15, 0.2) is 502 Å². The summed E-state index contributed by atoms with van der Waals surface area (Å²) in [6, 6.07) is 181. The fourth-order valence-corrected chi connectivity index (χ4v) is 21.6. The molecule has 0 spiro atoms. The second-order valence-electron chi connectivity index (χ2n) is 33.6. The SMILES string of the molecule is Brc1ccc2c(c1)c1ccccc1n2-c1cccc(C(c2ccccc2)(c2ccccc2)c2ccccc2)c1.c1ccc(C(c2ccccc2)(c2ccccc2)c2cccc(-n3c4ccccc4c4cc(-n5c6ccccc6c6cc(-n7c8ccccc8c8ccccc87)ccc65)ccc43)c2)cc1.c1ccc2c(c1)[nH]c1ccc(-n3c4ccccc4c4ccccc43)cc12. The fourth-order valence-electron chi connectivity index (χ4n) is 21.2. The van der Waals surface area contributed by atoms with E-state index in [9.17, 15) is 0 Å². The van der Waals surface area contributed by atoms with Gasteiger partial charge in [-0.15, -0.1) is 0 Å². The Bertz CT molecular complexity index is 8460. The summed E-state index contributed by atoms with van der Waals surface area (Å²) >= 11 is 3.69. The third kappa shape index (κ3) is 12.5. The predicted octanol–water partition coefficient (Wildman–Crippen LogP) is 31.7. The minimum atomic E-state index is -0.552. The fraction of sp³-hybridized carbons (Fsp3) is 0.0164. The highest BCUT2D eigenvalue weighted by Gasteiger charge is 2.41. The standard InChI is InChI=1S/C61H41N3.C37H26BrN.C24H16N2/c1-4-19-42(20-5-1)61(43-21-6-2-7-22-43,44-23-8-3-9-24-44)45-25-18-26-46(39-45)62-57-33-16-12-29-51(57)53-41-48(36-37-59(53)62)64-58-34-17-13-30-52(58)54-40-47(35-38-60(54)64)63-55-31-14-10-27-49(55)50-28-11-15-32-56(50)63;38-31-23-24-36-34(26-31)33-21-10-11-22-35(33)39(36)32-20-12-19-30(25-32)37(27-13-4-1-5-14-27,28-15-6-2-7-16-28)29-17-8-3-9-18-29;1-4-10-21-17(7-1)20-15-16(13-14-22(20)25-21)26-23-11-5-2-8-18(23)19-9-3-6-12-24(19)26/h1-41H;1-26H;1-15,25H. The van der Waals surface area contributed by atoms with Crippen molar-refractivity contribution in [1.29, 1.82) is 0 Å². The monoisotopic (exact) mass is 1710 g/mol. The first-order valence-electron chi connectivity index (χ1n) is 44.2. The predicted molar refractivity (Wildman–Crippen MR) is 545 cm³/mol. The van der Waals surface area contributed by atoms with Gasteiger partial charge in [-0.05, 0) is 190 Å². The maximum absolute atomic E-state index is 3.69. The number of nitrogens with zero attached hydrogens (tertiary/aromatic N) is 5. The summed E-state index contributed by atoms with van der Waals surface area (Å²) in [7, 11) is 0. The average molecular weight is 1710 g/mol. The highest BCUT2D eigenvalue weighted by molar-refractivity contribution is 9.10.